The zero-order valence-electron chi connectivity index (χ0n) is 18.1. The van der Waals surface area contributed by atoms with E-state index in [0.717, 1.165) is 29.7 Å². The number of nitrogens with one attached hydrogen (secondary N) is 4. The van der Waals surface area contributed by atoms with Gasteiger partial charge in [0, 0.05) is 25.2 Å². The lowest BCUT2D eigenvalue weighted by Crippen LogP contribution is -2.42. The lowest BCUT2D eigenvalue weighted by atomic mass is 9.96. The summed E-state index contributed by atoms with van der Waals surface area (Å²) in [6.07, 6.45) is 11.2. The van der Waals surface area contributed by atoms with E-state index in [0.29, 0.717) is 12.1 Å². The number of hydrogen-bond donors (Lipinski definition) is 4. The van der Waals surface area contributed by atoms with E-state index < -0.39 is 0 Å². The molecule has 0 amide bonds. The van der Waals surface area contributed by atoms with Crippen molar-refractivity contribution in [3.63, 3.8) is 0 Å². The smallest absolute Gasteiger partial charge is 0.166 e. The summed E-state index contributed by atoms with van der Waals surface area (Å²) in [6, 6.07) is 9.57. The predicted octanol–water partition coefficient (Wildman–Crippen LogP) is 4.92. The molecule has 1 aliphatic rings. The van der Waals surface area contributed by atoms with Crippen molar-refractivity contribution in [2.24, 2.45) is 0 Å². The van der Waals surface area contributed by atoms with E-state index in [1.807, 2.05) is 0 Å². The quantitative estimate of drug-likeness (QED) is 0.392. The van der Waals surface area contributed by atoms with Gasteiger partial charge < -0.3 is 21.3 Å². The van der Waals surface area contributed by atoms with Crippen molar-refractivity contribution >= 4 is 34.7 Å². The normalized spacial score (nSPS) is 15.4. The summed E-state index contributed by atoms with van der Waals surface area (Å²) in [7, 11) is 0. The minimum absolute atomic E-state index is 0.461. The average Bonchev–Trinajstić information content (AvgIpc) is 2.74. The molecule has 4 N–H and O–H groups in total. The van der Waals surface area contributed by atoms with Gasteiger partial charge >= 0.3 is 0 Å². The first-order chi connectivity index (χ1) is 14.1. The minimum atomic E-state index is 0.461. The van der Waals surface area contributed by atoms with Crippen LogP contribution >= 0.6 is 24.4 Å². The summed E-state index contributed by atoms with van der Waals surface area (Å²) in [5, 5.41) is 15.1. The maximum Gasteiger partial charge on any atom is 0.166 e. The van der Waals surface area contributed by atoms with Crippen LogP contribution < -0.4 is 21.3 Å². The van der Waals surface area contributed by atoms with Gasteiger partial charge in [-0.3, -0.25) is 0 Å². The molecule has 6 heteroatoms. The van der Waals surface area contributed by atoms with E-state index in [1.54, 1.807) is 0 Å². The molecule has 1 aliphatic carbocycles. The van der Waals surface area contributed by atoms with Crippen LogP contribution in [0, 0.1) is 0 Å². The maximum atomic E-state index is 5.48. The fourth-order valence-electron chi connectivity index (χ4n) is 3.76. The molecule has 0 aliphatic heterocycles. The number of thiocarbonyl (C=S) groups is 2. The SMILES string of the molecule is CCCC[C@@H](CC)NC(=S)NCc1cccc(CNC(=S)NC2CCCCC2)c1. The Hall–Kier alpha value is -1.40. The van der Waals surface area contributed by atoms with Crippen LogP contribution in [0.1, 0.15) is 82.8 Å². The van der Waals surface area contributed by atoms with E-state index in [9.17, 15) is 0 Å². The van der Waals surface area contributed by atoms with Gasteiger partial charge in [-0.1, -0.05) is 70.2 Å². The summed E-state index contributed by atoms with van der Waals surface area (Å²) >= 11 is 11.0. The van der Waals surface area contributed by atoms with Gasteiger partial charge in [-0.15, -0.1) is 0 Å². The molecule has 1 aromatic carbocycles. The molecule has 162 valence electrons. The number of unbranched alkanes of at least 4 members (excludes halogenated alkanes) is 1. The number of benzene rings is 1. The first-order valence-corrected chi connectivity index (χ1v) is 12.1. The fourth-order valence-corrected chi connectivity index (χ4v) is 4.24. The highest BCUT2D eigenvalue weighted by Gasteiger charge is 2.13. The number of hydrogen-bond acceptors (Lipinski definition) is 2. The van der Waals surface area contributed by atoms with Gasteiger partial charge in [-0.05, 0) is 61.2 Å². The van der Waals surface area contributed by atoms with Crippen LogP contribution in [-0.2, 0) is 13.1 Å². The molecule has 0 heterocycles. The van der Waals surface area contributed by atoms with Gasteiger partial charge in [0.15, 0.2) is 10.2 Å². The predicted molar refractivity (Wildman–Crippen MR) is 132 cm³/mol. The molecule has 29 heavy (non-hydrogen) atoms. The topological polar surface area (TPSA) is 48.1 Å². The summed E-state index contributed by atoms with van der Waals surface area (Å²) < 4.78 is 0. The van der Waals surface area contributed by atoms with Crippen LogP contribution in [0.25, 0.3) is 0 Å². The molecule has 1 fully saturated rings. The third-order valence-electron chi connectivity index (χ3n) is 5.57. The Morgan fingerprint density at radius 1 is 1.00 bits per heavy atom. The Morgan fingerprint density at radius 2 is 1.66 bits per heavy atom. The summed E-state index contributed by atoms with van der Waals surface area (Å²) in [5.74, 6) is 0. The molecule has 0 saturated heterocycles. The molecular formula is C23H38N4S2. The molecule has 1 saturated carbocycles. The second kappa shape index (κ2) is 13.8. The van der Waals surface area contributed by atoms with Crippen LogP contribution in [0.15, 0.2) is 24.3 Å². The lowest BCUT2D eigenvalue weighted by molar-refractivity contribution is 0.412. The van der Waals surface area contributed by atoms with E-state index >= 15 is 0 Å². The molecule has 0 aromatic heterocycles. The van der Waals surface area contributed by atoms with E-state index in [1.165, 1.54) is 62.5 Å². The number of rotatable bonds is 10. The van der Waals surface area contributed by atoms with E-state index in [2.05, 4.69) is 59.4 Å². The molecular weight excluding hydrogens is 396 g/mol. The van der Waals surface area contributed by atoms with E-state index in [4.69, 9.17) is 24.4 Å². The van der Waals surface area contributed by atoms with Gasteiger partial charge in [0.05, 0.1) is 0 Å². The lowest BCUT2D eigenvalue weighted by Gasteiger charge is -2.24. The second-order valence-corrected chi connectivity index (χ2v) is 8.87. The van der Waals surface area contributed by atoms with Crippen molar-refractivity contribution in [1.29, 1.82) is 0 Å². The summed E-state index contributed by atoms with van der Waals surface area (Å²) in [4.78, 5) is 0. The first kappa shape index (κ1) is 23.9. The Kier molecular flexibility index (Phi) is 11.3. The van der Waals surface area contributed by atoms with Gasteiger partial charge in [-0.25, -0.2) is 0 Å². The molecule has 2 rings (SSSR count). The highest BCUT2D eigenvalue weighted by Crippen LogP contribution is 2.17. The molecule has 0 spiro atoms. The minimum Gasteiger partial charge on any atom is -0.360 e. The molecule has 4 nitrogen and oxygen atoms in total. The Balaban J connectivity index is 1.72. The van der Waals surface area contributed by atoms with Crippen molar-refractivity contribution in [2.45, 2.75) is 96.8 Å². The Labute approximate surface area is 188 Å². The van der Waals surface area contributed by atoms with Crippen molar-refractivity contribution in [3.05, 3.63) is 35.4 Å². The van der Waals surface area contributed by atoms with Crippen molar-refractivity contribution < 1.29 is 0 Å². The Morgan fingerprint density at radius 3 is 2.28 bits per heavy atom. The average molecular weight is 435 g/mol. The van der Waals surface area contributed by atoms with Crippen LogP contribution in [0.2, 0.25) is 0 Å². The van der Waals surface area contributed by atoms with Crippen LogP contribution in [-0.4, -0.2) is 22.3 Å². The highest BCUT2D eigenvalue weighted by atomic mass is 32.1. The summed E-state index contributed by atoms with van der Waals surface area (Å²) in [6.45, 7) is 5.91. The summed E-state index contributed by atoms with van der Waals surface area (Å²) in [5.41, 5.74) is 2.45. The van der Waals surface area contributed by atoms with Crippen molar-refractivity contribution in [2.75, 3.05) is 0 Å². The maximum absolute atomic E-state index is 5.48. The largest absolute Gasteiger partial charge is 0.360 e. The van der Waals surface area contributed by atoms with Crippen LogP contribution in [0.4, 0.5) is 0 Å². The van der Waals surface area contributed by atoms with Gasteiger partial charge in [-0.2, -0.15) is 0 Å². The first-order valence-electron chi connectivity index (χ1n) is 11.3. The molecule has 1 aromatic rings. The van der Waals surface area contributed by atoms with E-state index in [-0.39, 0.29) is 0 Å². The Bertz CT molecular complexity index is 629. The standard InChI is InChI=1S/C23H38N4S2/c1-3-5-12-20(4-2)26-22(28)24-16-18-10-9-11-19(15-18)17-25-23(29)27-21-13-7-6-8-14-21/h9-11,15,20-21H,3-8,12-14,16-17H2,1-2H3,(H2,24,26,28)(H2,25,27,29)/t20-/m1/s1. The monoisotopic (exact) mass is 434 g/mol. The van der Waals surface area contributed by atoms with Gasteiger partial charge in [0.1, 0.15) is 0 Å². The van der Waals surface area contributed by atoms with Crippen LogP contribution in [0.3, 0.4) is 0 Å². The third kappa shape index (κ3) is 9.77. The zero-order chi connectivity index (χ0) is 20.9. The zero-order valence-corrected chi connectivity index (χ0v) is 19.7. The van der Waals surface area contributed by atoms with Crippen LogP contribution in [0.5, 0.6) is 0 Å². The highest BCUT2D eigenvalue weighted by molar-refractivity contribution is 7.80. The fraction of sp³-hybridized carbons (Fsp3) is 0.652. The molecule has 0 radical (unpaired) electrons. The van der Waals surface area contributed by atoms with Crippen molar-refractivity contribution in [1.82, 2.24) is 21.3 Å². The molecule has 0 bridgehead atoms. The molecule has 0 unspecified atom stereocenters. The molecule has 1 atom stereocenters. The van der Waals surface area contributed by atoms with Crippen molar-refractivity contribution in [3.8, 4) is 0 Å². The second-order valence-electron chi connectivity index (χ2n) is 8.06. The van der Waals surface area contributed by atoms with Gasteiger partial charge in [0.25, 0.3) is 0 Å². The van der Waals surface area contributed by atoms with Gasteiger partial charge in [0.2, 0.25) is 0 Å². The third-order valence-corrected chi connectivity index (χ3v) is 6.10.